The van der Waals surface area contributed by atoms with Crippen molar-refractivity contribution in [3.63, 3.8) is 0 Å². The van der Waals surface area contributed by atoms with Gasteiger partial charge in [0.25, 0.3) is 0 Å². The second-order valence-electron chi connectivity index (χ2n) is 5.62. The molecule has 2 rings (SSSR count). The maximum absolute atomic E-state index is 13.5. The number of hydrogen-bond acceptors (Lipinski definition) is 3. The maximum Gasteiger partial charge on any atom is 0.223 e. The van der Waals surface area contributed by atoms with Crippen molar-refractivity contribution in [3.8, 4) is 0 Å². The van der Waals surface area contributed by atoms with Crippen LogP contribution in [0.25, 0.3) is 0 Å². The van der Waals surface area contributed by atoms with Crippen molar-refractivity contribution in [2.24, 2.45) is 5.92 Å². The van der Waals surface area contributed by atoms with Crippen molar-refractivity contribution >= 4 is 11.8 Å². The van der Waals surface area contributed by atoms with Crippen molar-refractivity contribution in [2.75, 3.05) is 13.1 Å². The van der Waals surface area contributed by atoms with Crippen LogP contribution in [0.1, 0.15) is 37.4 Å². The van der Waals surface area contributed by atoms with Gasteiger partial charge in [-0.2, -0.15) is 0 Å². The molecule has 5 nitrogen and oxygen atoms in total. The summed E-state index contributed by atoms with van der Waals surface area (Å²) in [5, 5.41) is 15.0. The van der Waals surface area contributed by atoms with Gasteiger partial charge in [-0.15, -0.1) is 0 Å². The molecule has 1 aromatic carbocycles. The van der Waals surface area contributed by atoms with E-state index >= 15 is 0 Å². The van der Waals surface area contributed by atoms with Crippen LogP contribution in [-0.2, 0) is 9.59 Å². The summed E-state index contributed by atoms with van der Waals surface area (Å²) < 4.78 is 26.9. The SMILES string of the molecule is O=C(CCCNC(=O)C1CC1)NCC(O)c1c(F)cccc1F. The van der Waals surface area contributed by atoms with Crippen LogP contribution < -0.4 is 10.6 Å². The van der Waals surface area contributed by atoms with Crippen LogP contribution in [0.4, 0.5) is 8.78 Å². The van der Waals surface area contributed by atoms with Gasteiger partial charge in [-0.25, -0.2) is 8.78 Å². The molecule has 1 saturated carbocycles. The number of carbonyl (C=O) groups excluding carboxylic acids is 2. The smallest absolute Gasteiger partial charge is 0.223 e. The minimum absolute atomic E-state index is 0.0239. The van der Waals surface area contributed by atoms with Crippen LogP contribution >= 0.6 is 0 Å². The van der Waals surface area contributed by atoms with E-state index in [-0.39, 0.29) is 30.7 Å². The van der Waals surface area contributed by atoms with Crippen molar-refractivity contribution < 1.29 is 23.5 Å². The molecular weight excluding hydrogens is 306 g/mol. The fraction of sp³-hybridized carbons (Fsp3) is 0.500. The molecule has 1 fully saturated rings. The number of aliphatic hydroxyl groups excluding tert-OH is 1. The fourth-order valence-corrected chi connectivity index (χ4v) is 2.18. The van der Waals surface area contributed by atoms with Crippen molar-refractivity contribution in [1.82, 2.24) is 10.6 Å². The monoisotopic (exact) mass is 326 g/mol. The van der Waals surface area contributed by atoms with Crippen LogP contribution in [0.2, 0.25) is 0 Å². The van der Waals surface area contributed by atoms with Crippen LogP contribution in [0, 0.1) is 17.6 Å². The van der Waals surface area contributed by atoms with Gasteiger partial charge in [0, 0.05) is 25.4 Å². The zero-order valence-corrected chi connectivity index (χ0v) is 12.6. The summed E-state index contributed by atoms with van der Waals surface area (Å²) in [7, 11) is 0. The maximum atomic E-state index is 13.5. The van der Waals surface area contributed by atoms with Crippen molar-refractivity contribution in [1.29, 1.82) is 0 Å². The van der Waals surface area contributed by atoms with Crippen LogP contribution in [0.15, 0.2) is 18.2 Å². The summed E-state index contributed by atoms with van der Waals surface area (Å²) in [5.74, 6) is -1.89. The lowest BCUT2D eigenvalue weighted by Crippen LogP contribution is -2.30. The van der Waals surface area contributed by atoms with E-state index in [4.69, 9.17) is 0 Å². The van der Waals surface area contributed by atoms with Crippen LogP contribution in [0.5, 0.6) is 0 Å². The first-order valence-corrected chi connectivity index (χ1v) is 7.65. The average Bonchev–Trinajstić information content (AvgIpc) is 3.34. The molecule has 1 aromatic rings. The first-order chi connectivity index (χ1) is 11.0. The Labute approximate surface area is 133 Å². The van der Waals surface area contributed by atoms with E-state index in [1.807, 2.05) is 0 Å². The van der Waals surface area contributed by atoms with Gasteiger partial charge in [-0.1, -0.05) is 6.07 Å². The number of nitrogens with one attached hydrogen (secondary N) is 2. The number of carbonyl (C=O) groups is 2. The second kappa shape index (κ2) is 8.01. The second-order valence-corrected chi connectivity index (χ2v) is 5.62. The molecule has 0 aliphatic heterocycles. The van der Waals surface area contributed by atoms with Gasteiger partial charge in [0.15, 0.2) is 0 Å². The largest absolute Gasteiger partial charge is 0.386 e. The van der Waals surface area contributed by atoms with E-state index in [9.17, 15) is 23.5 Å². The van der Waals surface area contributed by atoms with Gasteiger partial charge >= 0.3 is 0 Å². The molecule has 0 aromatic heterocycles. The molecule has 0 spiro atoms. The van der Waals surface area contributed by atoms with E-state index in [0.29, 0.717) is 13.0 Å². The quantitative estimate of drug-likeness (QED) is 0.632. The molecule has 23 heavy (non-hydrogen) atoms. The lowest BCUT2D eigenvalue weighted by atomic mass is 10.1. The Morgan fingerprint density at radius 3 is 2.48 bits per heavy atom. The third kappa shape index (κ3) is 5.28. The van der Waals surface area contributed by atoms with Gasteiger partial charge in [0.05, 0.1) is 5.56 Å². The summed E-state index contributed by atoms with van der Waals surface area (Å²) in [5.41, 5.74) is -0.454. The molecule has 1 aliphatic carbocycles. The lowest BCUT2D eigenvalue weighted by Gasteiger charge is -2.14. The number of hydrogen-bond donors (Lipinski definition) is 3. The van der Waals surface area contributed by atoms with E-state index in [0.717, 1.165) is 25.0 Å². The highest BCUT2D eigenvalue weighted by molar-refractivity contribution is 5.81. The summed E-state index contributed by atoms with van der Waals surface area (Å²) >= 11 is 0. The molecular formula is C16H20F2N2O3. The summed E-state index contributed by atoms with van der Waals surface area (Å²) in [6.07, 6.45) is 1.04. The molecule has 0 bridgehead atoms. The Balaban J connectivity index is 1.66. The predicted molar refractivity (Wildman–Crippen MR) is 79.3 cm³/mol. The first-order valence-electron chi connectivity index (χ1n) is 7.65. The molecule has 0 heterocycles. The van der Waals surface area contributed by atoms with Gasteiger partial charge in [-0.3, -0.25) is 9.59 Å². The Hall–Kier alpha value is -2.02. The number of amides is 2. The Morgan fingerprint density at radius 2 is 1.87 bits per heavy atom. The molecule has 1 atom stereocenters. The topological polar surface area (TPSA) is 78.4 Å². The van der Waals surface area contributed by atoms with E-state index in [2.05, 4.69) is 10.6 Å². The number of benzene rings is 1. The highest BCUT2D eigenvalue weighted by Crippen LogP contribution is 2.28. The molecule has 126 valence electrons. The minimum atomic E-state index is -1.45. The highest BCUT2D eigenvalue weighted by atomic mass is 19.1. The van der Waals surface area contributed by atoms with E-state index in [1.54, 1.807) is 0 Å². The summed E-state index contributed by atoms with van der Waals surface area (Å²) in [6, 6.07) is 3.30. The van der Waals surface area contributed by atoms with E-state index < -0.39 is 23.3 Å². The van der Waals surface area contributed by atoms with Crippen LogP contribution in [0.3, 0.4) is 0 Å². The summed E-state index contributed by atoms with van der Waals surface area (Å²) in [4.78, 5) is 23.0. The van der Waals surface area contributed by atoms with E-state index in [1.165, 1.54) is 6.07 Å². The highest BCUT2D eigenvalue weighted by Gasteiger charge is 2.29. The molecule has 7 heteroatoms. The molecule has 0 saturated heterocycles. The fourth-order valence-electron chi connectivity index (χ4n) is 2.18. The third-order valence-electron chi connectivity index (χ3n) is 3.65. The standard InChI is InChI=1S/C16H20F2N2O3/c17-11-3-1-4-12(18)15(11)13(21)9-20-14(22)5-2-8-19-16(23)10-6-7-10/h1,3-4,10,13,21H,2,5-9H2,(H,19,23)(H,20,22). The molecule has 3 N–H and O–H groups in total. The zero-order chi connectivity index (χ0) is 16.8. The van der Waals surface area contributed by atoms with Crippen LogP contribution in [-0.4, -0.2) is 30.0 Å². The van der Waals surface area contributed by atoms with Gasteiger partial charge in [0.2, 0.25) is 11.8 Å². The molecule has 1 aliphatic rings. The molecule has 1 unspecified atom stereocenters. The Kier molecular flexibility index (Phi) is 6.04. The number of rotatable bonds is 8. The minimum Gasteiger partial charge on any atom is -0.386 e. The van der Waals surface area contributed by atoms with Gasteiger partial charge in [0.1, 0.15) is 17.7 Å². The number of halogens is 2. The first kappa shape index (κ1) is 17.3. The lowest BCUT2D eigenvalue weighted by molar-refractivity contribution is -0.123. The average molecular weight is 326 g/mol. The molecule has 2 amide bonds. The van der Waals surface area contributed by atoms with Gasteiger partial charge < -0.3 is 15.7 Å². The third-order valence-corrected chi connectivity index (χ3v) is 3.65. The predicted octanol–water partition coefficient (Wildman–Crippen LogP) is 1.42. The number of aliphatic hydroxyl groups is 1. The zero-order valence-electron chi connectivity index (χ0n) is 12.6. The van der Waals surface area contributed by atoms with Crippen molar-refractivity contribution in [2.45, 2.75) is 31.8 Å². The Morgan fingerprint density at radius 1 is 1.22 bits per heavy atom. The molecule has 0 radical (unpaired) electrons. The Bertz CT molecular complexity index is 556. The normalized spacial score (nSPS) is 15.1. The van der Waals surface area contributed by atoms with Crippen molar-refractivity contribution in [3.05, 3.63) is 35.4 Å². The summed E-state index contributed by atoms with van der Waals surface area (Å²) in [6.45, 7) is 0.137. The van der Waals surface area contributed by atoms with Gasteiger partial charge in [-0.05, 0) is 31.4 Å².